The van der Waals surface area contributed by atoms with Gasteiger partial charge in [0.05, 0.1) is 18.8 Å². The third-order valence-electron chi connectivity index (χ3n) is 3.65. The lowest BCUT2D eigenvalue weighted by atomic mass is 9.94. The second-order valence-corrected chi connectivity index (χ2v) is 6.44. The zero-order valence-corrected chi connectivity index (χ0v) is 11.8. The van der Waals surface area contributed by atoms with Gasteiger partial charge in [0.25, 0.3) is 0 Å². The minimum atomic E-state index is -0.226. The lowest BCUT2D eigenvalue weighted by Gasteiger charge is -2.33. The molecule has 1 N–H and O–H groups in total. The maximum absolute atomic E-state index is 9.87. The average Bonchev–Trinajstić information content (AvgIpc) is 2.72. The molecule has 1 aliphatic heterocycles. The van der Waals surface area contributed by atoms with Crippen molar-refractivity contribution in [1.82, 2.24) is 9.88 Å². The molecular formula is C14H24N2O2. The molecule has 1 aromatic heterocycles. The second kappa shape index (κ2) is 5.02. The van der Waals surface area contributed by atoms with Crippen LogP contribution in [0, 0.1) is 5.92 Å². The topological polar surface area (TPSA) is 49.5 Å². The summed E-state index contributed by atoms with van der Waals surface area (Å²) in [6.45, 7) is 10.9. The largest absolute Gasteiger partial charge is 0.444 e. The Morgan fingerprint density at radius 2 is 2.22 bits per heavy atom. The highest BCUT2D eigenvalue weighted by Gasteiger charge is 2.26. The van der Waals surface area contributed by atoms with Crippen molar-refractivity contribution in [2.24, 2.45) is 5.92 Å². The molecule has 0 aromatic carbocycles. The zero-order valence-electron chi connectivity index (χ0n) is 11.8. The number of likely N-dealkylation sites (tertiary alicyclic amines) is 1. The molecule has 4 nitrogen and oxygen atoms in total. The first kappa shape index (κ1) is 13.6. The van der Waals surface area contributed by atoms with Gasteiger partial charge in [-0.2, -0.15) is 0 Å². The lowest BCUT2D eigenvalue weighted by molar-refractivity contribution is 0.0225. The first-order valence-electron chi connectivity index (χ1n) is 6.72. The summed E-state index contributed by atoms with van der Waals surface area (Å²) in [5, 5.41) is 9.87. The Hall–Kier alpha value is -0.870. The number of hydrogen-bond donors (Lipinski definition) is 1. The number of rotatable bonds is 2. The summed E-state index contributed by atoms with van der Waals surface area (Å²) in [5.41, 5.74) is 0.00117. The SMILES string of the molecule is CC1CCN(Cc2ncc(C(C)(C)C)o2)CC1O. The van der Waals surface area contributed by atoms with Crippen LogP contribution < -0.4 is 0 Å². The molecule has 0 saturated carbocycles. The monoisotopic (exact) mass is 252 g/mol. The molecule has 2 rings (SSSR count). The minimum Gasteiger partial charge on any atom is -0.444 e. The van der Waals surface area contributed by atoms with Gasteiger partial charge < -0.3 is 9.52 Å². The molecule has 2 unspecified atom stereocenters. The molecule has 4 heteroatoms. The van der Waals surface area contributed by atoms with E-state index in [0.29, 0.717) is 19.0 Å². The molecule has 102 valence electrons. The van der Waals surface area contributed by atoms with Gasteiger partial charge in [0, 0.05) is 12.0 Å². The van der Waals surface area contributed by atoms with E-state index >= 15 is 0 Å². The summed E-state index contributed by atoms with van der Waals surface area (Å²) in [6, 6.07) is 0. The van der Waals surface area contributed by atoms with Crippen molar-refractivity contribution in [3.8, 4) is 0 Å². The van der Waals surface area contributed by atoms with Crippen molar-refractivity contribution in [1.29, 1.82) is 0 Å². The summed E-state index contributed by atoms with van der Waals surface area (Å²) in [6.07, 6.45) is 2.63. The predicted octanol–water partition coefficient (Wildman–Crippen LogP) is 2.17. The number of nitrogens with zero attached hydrogens (tertiary/aromatic N) is 2. The number of aromatic nitrogens is 1. The van der Waals surface area contributed by atoms with E-state index < -0.39 is 0 Å². The van der Waals surface area contributed by atoms with Crippen molar-refractivity contribution in [2.45, 2.75) is 52.2 Å². The van der Waals surface area contributed by atoms with E-state index in [1.165, 1.54) is 0 Å². The molecule has 2 atom stereocenters. The van der Waals surface area contributed by atoms with Gasteiger partial charge in [-0.25, -0.2) is 4.98 Å². The predicted molar refractivity (Wildman–Crippen MR) is 70.3 cm³/mol. The van der Waals surface area contributed by atoms with Crippen molar-refractivity contribution in [2.75, 3.05) is 13.1 Å². The summed E-state index contributed by atoms with van der Waals surface area (Å²) in [4.78, 5) is 6.54. The van der Waals surface area contributed by atoms with E-state index in [-0.39, 0.29) is 11.5 Å². The fourth-order valence-electron chi connectivity index (χ4n) is 2.18. The maximum Gasteiger partial charge on any atom is 0.208 e. The van der Waals surface area contributed by atoms with Gasteiger partial charge in [-0.3, -0.25) is 4.90 Å². The Morgan fingerprint density at radius 3 is 2.78 bits per heavy atom. The lowest BCUT2D eigenvalue weighted by Crippen LogP contribution is -2.42. The molecule has 1 saturated heterocycles. The molecule has 1 aliphatic rings. The van der Waals surface area contributed by atoms with Gasteiger partial charge >= 0.3 is 0 Å². The Balaban J connectivity index is 1.96. The van der Waals surface area contributed by atoms with Gasteiger partial charge in [-0.05, 0) is 18.9 Å². The van der Waals surface area contributed by atoms with Crippen molar-refractivity contribution >= 4 is 0 Å². The number of piperidine rings is 1. The Labute approximate surface area is 109 Å². The summed E-state index contributed by atoms with van der Waals surface area (Å²) in [7, 11) is 0. The van der Waals surface area contributed by atoms with Crippen molar-refractivity contribution < 1.29 is 9.52 Å². The Kier molecular flexibility index (Phi) is 3.78. The molecule has 1 fully saturated rings. The molecular weight excluding hydrogens is 228 g/mol. The highest BCUT2D eigenvalue weighted by atomic mass is 16.4. The number of oxazole rings is 1. The van der Waals surface area contributed by atoms with E-state index in [1.807, 2.05) is 6.20 Å². The van der Waals surface area contributed by atoms with E-state index in [9.17, 15) is 5.11 Å². The van der Waals surface area contributed by atoms with E-state index in [1.54, 1.807) is 0 Å². The molecule has 0 bridgehead atoms. The number of hydrogen-bond acceptors (Lipinski definition) is 4. The van der Waals surface area contributed by atoms with Gasteiger partial charge in [0.1, 0.15) is 5.76 Å². The normalized spacial score (nSPS) is 26.5. The van der Waals surface area contributed by atoms with E-state index in [0.717, 1.165) is 24.6 Å². The van der Waals surface area contributed by atoms with Gasteiger partial charge in [-0.15, -0.1) is 0 Å². The van der Waals surface area contributed by atoms with Crippen LogP contribution in [0.4, 0.5) is 0 Å². The average molecular weight is 252 g/mol. The van der Waals surface area contributed by atoms with E-state index in [2.05, 4.69) is 37.6 Å². The second-order valence-electron chi connectivity index (χ2n) is 6.44. The zero-order chi connectivity index (χ0) is 13.3. The number of aliphatic hydroxyl groups is 1. The van der Waals surface area contributed by atoms with Crippen molar-refractivity contribution in [3.05, 3.63) is 17.8 Å². The van der Waals surface area contributed by atoms with Crippen LogP contribution in [0.2, 0.25) is 0 Å². The van der Waals surface area contributed by atoms with Gasteiger partial charge in [0.2, 0.25) is 5.89 Å². The van der Waals surface area contributed by atoms with Crippen LogP contribution in [-0.4, -0.2) is 34.2 Å². The molecule has 0 amide bonds. The first-order valence-corrected chi connectivity index (χ1v) is 6.72. The van der Waals surface area contributed by atoms with Gasteiger partial charge in [0.15, 0.2) is 0 Å². The van der Waals surface area contributed by atoms with Crippen molar-refractivity contribution in [3.63, 3.8) is 0 Å². The molecule has 0 aliphatic carbocycles. The molecule has 1 aromatic rings. The highest BCUT2D eigenvalue weighted by molar-refractivity contribution is 5.06. The quantitative estimate of drug-likeness (QED) is 0.876. The van der Waals surface area contributed by atoms with Crippen LogP contribution in [-0.2, 0) is 12.0 Å². The molecule has 18 heavy (non-hydrogen) atoms. The van der Waals surface area contributed by atoms with E-state index in [4.69, 9.17) is 4.42 Å². The molecule has 2 heterocycles. The minimum absolute atomic E-state index is 0.00117. The van der Waals surface area contributed by atoms with Gasteiger partial charge in [-0.1, -0.05) is 27.7 Å². The van der Waals surface area contributed by atoms with Crippen LogP contribution in [0.1, 0.15) is 45.8 Å². The standard InChI is InChI=1S/C14H24N2O2/c1-10-5-6-16(8-11(10)17)9-13-15-7-12(18-13)14(2,3)4/h7,10-11,17H,5-6,8-9H2,1-4H3. The van der Waals surface area contributed by atoms with Crippen LogP contribution in [0.5, 0.6) is 0 Å². The maximum atomic E-state index is 9.87. The fourth-order valence-corrected chi connectivity index (χ4v) is 2.18. The van der Waals surface area contributed by atoms with Crippen LogP contribution in [0.15, 0.2) is 10.6 Å². The molecule has 0 spiro atoms. The third-order valence-corrected chi connectivity index (χ3v) is 3.65. The third kappa shape index (κ3) is 3.12. The highest BCUT2D eigenvalue weighted by Crippen LogP contribution is 2.24. The number of β-amino-alcohol motifs (C(OH)–C–C–N with tert-alkyl or cyclic N) is 1. The van der Waals surface area contributed by atoms with Crippen LogP contribution in [0.25, 0.3) is 0 Å². The molecule has 0 radical (unpaired) electrons. The van der Waals surface area contributed by atoms with Crippen LogP contribution in [0.3, 0.4) is 0 Å². The summed E-state index contributed by atoms with van der Waals surface area (Å²) >= 11 is 0. The Morgan fingerprint density at radius 1 is 1.50 bits per heavy atom. The smallest absolute Gasteiger partial charge is 0.208 e. The van der Waals surface area contributed by atoms with Crippen LogP contribution >= 0.6 is 0 Å². The Bertz CT molecular complexity index is 395. The fraction of sp³-hybridized carbons (Fsp3) is 0.786. The summed E-state index contributed by atoms with van der Waals surface area (Å²) < 4.78 is 5.78. The summed E-state index contributed by atoms with van der Waals surface area (Å²) in [5.74, 6) is 2.07. The number of aliphatic hydroxyl groups excluding tert-OH is 1. The first-order chi connectivity index (χ1) is 8.36.